The molecule has 1 fully saturated rings. The minimum Gasteiger partial charge on any atom is -0.448 e. The maximum absolute atomic E-state index is 13.2. The smallest absolute Gasteiger partial charge is 0.410 e. The van der Waals surface area contributed by atoms with Crippen LogP contribution in [0.4, 0.5) is 4.79 Å². The highest BCUT2D eigenvalue weighted by Crippen LogP contribution is 2.57. The standard InChI is InChI=1S/C27H36N2O4Si/c1-18-23(26(18)34(2,3)4)15-29(16-25(31)28-13-14-30)27(32)33-17-24-21-11-7-5-9-19(21)20-10-6-8-12-22(20)24/h5-12,18,23-24,26,30H,13-17H2,1-4H3,(H,28,31). The lowest BCUT2D eigenvalue weighted by Gasteiger charge is -2.24. The molecular weight excluding hydrogens is 444 g/mol. The van der Waals surface area contributed by atoms with Crippen molar-refractivity contribution < 1.29 is 19.4 Å². The Morgan fingerprint density at radius 3 is 2.15 bits per heavy atom. The zero-order chi connectivity index (χ0) is 24.5. The number of ether oxygens (including phenoxy) is 1. The number of carbonyl (C=O) groups is 2. The molecule has 3 unspecified atom stereocenters. The van der Waals surface area contributed by atoms with E-state index < -0.39 is 14.2 Å². The number of benzene rings is 2. The molecule has 0 bridgehead atoms. The van der Waals surface area contributed by atoms with Gasteiger partial charge in [0.15, 0.2) is 0 Å². The van der Waals surface area contributed by atoms with Crippen LogP contribution in [0.15, 0.2) is 48.5 Å². The highest BCUT2D eigenvalue weighted by Gasteiger charge is 2.54. The molecule has 2 N–H and O–H groups in total. The molecule has 2 aliphatic carbocycles. The summed E-state index contributed by atoms with van der Waals surface area (Å²) in [5.41, 5.74) is 5.34. The summed E-state index contributed by atoms with van der Waals surface area (Å²) >= 11 is 0. The molecule has 4 rings (SSSR count). The maximum Gasteiger partial charge on any atom is 0.410 e. The van der Waals surface area contributed by atoms with Crippen molar-refractivity contribution >= 4 is 20.1 Å². The lowest BCUT2D eigenvalue weighted by atomic mass is 9.98. The number of aliphatic hydroxyl groups excluding tert-OH is 1. The van der Waals surface area contributed by atoms with E-state index in [4.69, 9.17) is 9.84 Å². The quantitative estimate of drug-likeness (QED) is 0.524. The normalized spacial score (nSPS) is 20.9. The molecule has 2 aromatic carbocycles. The molecule has 2 aliphatic rings. The van der Waals surface area contributed by atoms with E-state index in [-0.39, 0.29) is 38.1 Å². The van der Waals surface area contributed by atoms with Gasteiger partial charge in [-0.25, -0.2) is 4.79 Å². The second kappa shape index (κ2) is 9.92. The number of nitrogens with one attached hydrogen (secondary N) is 1. The van der Waals surface area contributed by atoms with Crippen molar-refractivity contribution in [1.29, 1.82) is 0 Å². The third-order valence-electron chi connectivity index (χ3n) is 7.36. The molecule has 0 radical (unpaired) electrons. The highest BCUT2D eigenvalue weighted by atomic mass is 28.3. The van der Waals surface area contributed by atoms with Crippen molar-refractivity contribution in [2.24, 2.45) is 11.8 Å². The average Bonchev–Trinajstić information content (AvgIpc) is 3.35. The molecule has 1 saturated carbocycles. The summed E-state index contributed by atoms with van der Waals surface area (Å²) in [6.07, 6.45) is -0.450. The topological polar surface area (TPSA) is 78.9 Å². The van der Waals surface area contributed by atoms with Crippen molar-refractivity contribution in [3.63, 3.8) is 0 Å². The second-order valence-electron chi connectivity index (χ2n) is 10.7. The van der Waals surface area contributed by atoms with Crippen molar-refractivity contribution in [1.82, 2.24) is 10.2 Å². The van der Waals surface area contributed by atoms with Crippen molar-refractivity contribution in [3.8, 4) is 11.1 Å². The summed E-state index contributed by atoms with van der Waals surface area (Å²) in [5, 5.41) is 11.7. The van der Waals surface area contributed by atoms with Crippen molar-refractivity contribution in [2.45, 2.75) is 38.0 Å². The van der Waals surface area contributed by atoms with Crippen LogP contribution in [0.2, 0.25) is 25.2 Å². The number of rotatable bonds is 9. The van der Waals surface area contributed by atoms with E-state index >= 15 is 0 Å². The van der Waals surface area contributed by atoms with E-state index in [0.717, 1.165) is 0 Å². The molecule has 0 aromatic heterocycles. The summed E-state index contributed by atoms with van der Waals surface area (Å²) in [6.45, 7) is 10.1. The maximum atomic E-state index is 13.2. The first kappa shape index (κ1) is 24.5. The first-order valence-electron chi connectivity index (χ1n) is 12.2. The Labute approximate surface area is 203 Å². The van der Waals surface area contributed by atoms with Crippen LogP contribution in [0.1, 0.15) is 24.0 Å². The van der Waals surface area contributed by atoms with E-state index in [1.807, 2.05) is 24.3 Å². The number of carbonyl (C=O) groups excluding carboxylic acids is 2. The van der Waals surface area contributed by atoms with Gasteiger partial charge in [-0.05, 0) is 39.6 Å². The Balaban J connectivity index is 1.47. The van der Waals surface area contributed by atoms with Gasteiger partial charge in [0.2, 0.25) is 5.91 Å². The summed E-state index contributed by atoms with van der Waals surface area (Å²) < 4.78 is 5.86. The molecule has 3 atom stereocenters. The van der Waals surface area contributed by atoms with E-state index in [2.05, 4.69) is 56.1 Å². The molecule has 6 nitrogen and oxygen atoms in total. The lowest BCUT2D eigenvalue weighted by Crippen LogP contribution is -2.43. The minimum absolute atomic E-state index is 0.0176. The van der Waals surface area contributed by atoms with Gasteiger partial charge in [-0.15, -0.1) is 0 Å². The van der Waals surface area contributed by atoms with Gasteiger partial charge in [0.1, 0.15) is 13.2 Å². The average molecular weight is 481 g/mol. The van der Waals surface area contributed by atoms with Crippen LogP contribution in [0.3, 0.4) is 0 Å². The Morgan fingerprint density at radius 2 is 1.62 bits per heavy atom. The molecule has 2 aromatic rings. The zero-order valence-electron chi connectivity index (χ0n) is 20.6. The first-order chi connectivity index (χ1) is 16.2. The highest BCUT2D eigenvalue weighted by molar-refractivity contribution is 6.78. The minimum atomic E-state index is -1.34. The Bertz CT molecular complexity index is 1010. The molecule has 0 spiro atoms. The third kappa shape index (κ3) is 5.05. The SMILES string of the molecule is CC1C(CN(CC(=O)NCCO)C(=O)OCC2c3ccccc3-c3ccccc32)C1[Si](C)(C)C. The monoisotopic (exact) mass is 480 g/mol. The van der Waals surface area contributed by atoms with Gasteiger partial charge < -0.3 is 15.2 Å². The van der Waals surface area contributed by atoms with Crippen molar-refractivity contribution in [2.75, 3.05) is 32.8 Å². The predicted octanol–water partition coefficient (Wildman–Crippen LogP) is 4.32. The number of aliphatic hydroxyl groups is 1. The lowest BCUT2D eigenvalue weighted by molar-refractivity contribution is -0.122. The van der Waals surface area contributed by atoms with Crippen LogP contribution in [-0.2, 0) is 9.53 Å². The fraction of sp³-hybridized carbons (Fsp3) is 0.481. The first-order valence-corrected chi connectivity index (χ1v) is 15.8. The zero-order valence-corrected chi connectivity index (χ0v) is 21.6. The Kier molecular flexibility index (Phi) is 7.14. The largest absolute Gasteiger partial charge is 0.448 e. The number of hydrogen-bond donors (Lipinski definition) is 2. The summed E-state index contributed by atoms with van der Waals surface area (Å²) in [4.78, 5) is 27.2. The van der Waals surface area contributed by atoms with Crippen LogP contribution in [0, 0.1) is 11.8 Å². The second-order valence-corrected chi connectivity index (χ2v) is 16.1. The van der Waals surface area contributed by atoms with Gasteiger partial charge in [-0.2, -0.15) is 0 Å². The Hall–Kier alpha value is -2.64. The predicted molar refractivity (Wildman–Crippen MR) is 136 cm³/mol. The molecule has 182 valence electrons. The van der Waals surface area contributed by atoms with E-state index in [0.29, 0.717) is 23.9 Å². The van der Waals surface area contributed by atoms with E-state index in [1.54, 1.807) is 4.90 Å². The molecule has 0 saturated heterocycles. The van der Waals surface area contributed by atoms with Crippen LogP contribution in [0.25, 0.3) is 11.1 Å². The van der Waals surface area contributed by atoms with Gasteiger partial charge in [0.05, 0.1) is 6.61 Å². The molecule has 0 heterocycles. The molecule has 2 amide bonds. The Morgan fingerprint density at radius 1 is 1.03 bits per heavy atom. The van der Waals surface area contributed by atoms with Crippen LogP contribution in [-0.4, -0.2) is 62.9 Å². The van der Waals surface area contributed by atoms with E-state index in [9.17, 15) is 9.59 Å². The fourth-order valence-electron chi connectivity index (χ4n) is 5.82. The summed E-state index contributed by atoms with van der Waals surface area (Å²) in [7, 11) is -1.34. The molecule has 34 heavy (non-hydrogen) atoms. The summed E-state index contributed by atoms with van der Waals surface area (Å²) in [6, 6.07) is 16.5. The third-order valence-corrected chi connectivity index (χ3v) is 10.3. The van der Waals surface area contributed by atoms with Crippen LogP contribution in [0.5, 0.6) is 0 Å². The van der Waals surface area contributed by atoms with Gasteiger partial charge in [0.25, 0.3) is 0 Å². The van der Waals surface area contributed by atoms with Gasteiger partial charge in [-0.3, -0.25) is 9.69 Å². The van der Waals surface area contributed by atoms with Crippen LogP contribution >= 0.6 is 0 Å². The number of nitrogens with zero attached hydrogens (tertiary/aromatic N) is 1. The molecule has 0 aliphatic heterocycles. The fourth-order valence-corrected chi connectivity index (χ4v) is 9.23. The van der Waals surface area contributed by atoms with Gasteiger partial charge in [-0.1, -0.05) is 75.1 Å². The van der Waals surface area contributed by atoms with Crippen molar-refractivity contribution in [3.05, 3.63) is 59.7 Å². The van der Waals surface area contributed by atoms with Gasteiger partial charge in [0, 0.05) is 27.1 Å². The molecule has 7 heteroatoms. The number of fused-ring (bicyclic) bond motifs is 3. The van der Waals surface area contributed by atoms with Crippen LogP contribution < -0.4 is 5.32 Å². The van der Waals surface area contributed by atoms with Gasteiger partial charge >= 0.3 is 6.09 Å². The molecular formula is C27H36N2O4Si. The summed E-state index contributed by atoms with van der Waals surface area (Å²) in [5.74, 6) is 0.658. The number of amides is 2. The van der Waals surface area contributed by atoms with E-state index in [1.165, 1.54) is 22.3 Å². The number of hydrogen-bond acceptors (Lipinski definition) is 4.